The lowest BCUT2D eigenvalue weighted by Gasteiger charge is -2.48. The van der Waals surface area contributed by atoms with Crippen LogP contribution in [-0.4, -0.2) is 0 Å². The molecule has 5 rings (SSSR count). The van der Waals surface area contributed by atoms with E-state index in [1.807, 2.05) is 0 Å². The Kier molecular flexibility index (Phi) is 12.9. The summed E-state index contributed by atoms with van der Waals surface area (Å²) in [6, 6.07) is 0. The van der Waals surface area contributed by atoms with Crippen molar-refractivity contribution in [3.05, 3.63) is 0 Å². The molecule has 222 valence electrons. The summed E-state index contributed by atoms with van der Waals surface area (Å²) < 4.78 is 0. The SMILES string of the molecule is CCC1CCC(C2CCC(C)C2)C(C)C1.CCCCC1C(C)CC2CCCC2C1C1CCCCCCCC1. The van der Waals surface area contributed by atoms with Gasteiger partial charge in [0.25, 0.3) is 0 Å². The lowest BCUT2D eigenvalue weighted by Crippen LogP contribution is -2.41. The van der Waals surface area contributed by atoms with Crippen LogP contribution in [0.5, 0.6) is 0 Å². The van der Waals surface area contributed by atoms with E-state index in [4.69, 9.17) is 0 Å². The molecule has 0 N–H and O–H groups in total. The van der Waals surface area contributed by atoms with Gasteiger partial charge in [0, 0.05) is 0 Å². The van der Waals surface area contributed by atoms with Gasteiger partial charge in [0.1, 0.15) is 0 Å². The number of fused-ring (bicyclic) bond motifs is 1. The van der Waals surface area contributed by atoms with Gasteiger partial charge in [-0.2, -0.15) is 0 Å². The second-order valence-electron chi connectivity index (χ2n) is 15.8. The van der Waals surface area contributed by atoms with Gasteiger partial charge >= 0.3 is 0 Å². The van der Waals surface area contributed by atoms with Crippen molar-refractivity contribution < 1.29 is 0 Å². The van der Waals surface area contributed by atoms with Gasteiger partial charge in [-0.05, 0) is 110 Å². The maximum Gasteiger partial charge on any atom is -0.0324 e. The van der Waals surface area contributed by atoms with E-state index in [0.29, 0.717) is 0 Å². The van der Waals surface area contributed by atoms with Crippen LogP contribution >= 0.6 is 0 Å². The van der Waals surface area contributed by atoms with Gasteiger partial charge in [0.2, 0.25) is 0 Å². The molecule has 0 bridgehead atoms. The van der Waals surface area contributed by atoms with E-state index in [2.05, 4.69) is 34.6 Å². The normalized spacial score (nSPS) is 42.9. The van der Waals surface area contributed by atoms with Gasteiger partial charge in [-0.15, -0.1) is 0 Å². The van der Waals surface area contributed by atoms with Crippen LogP contribution in [0.2, 0.25) is 0 Å². The number of hydrogen-bond acceptors (Lipinski definition) is 0. The first kappa shape index (κ1) is 30.9. The smallest absolute Gasteiger partial charge is 0.0324 e. The van der Waals surface area contributed by atoms with Crippen molar-refractivity contribution in [2.45, 2.75) is 176 Å². The average molecular weight is 527 g/mol. The van der Waals surface area contributed by atoms with Crippen molar-refractivity contribution >= 4 is 0 Å². The number of rotatable bonds is 6. The molecular formula is C38H70. The highest BCUT2D eigenvalue weighted by molar-refractivity contribution is 4.96. The van der Waals surface area contributed by atoms with Crippen LogP contribution in [0.25, 0.3) is 0 Å². The van der Waals surface area contributed by atoms with Gasteiger partial charge < -0.3 is 0 Å². The van der Waals surface area contributed by atoms with Crippen molar-refractivity contribution in [1.82, 2.24) is 0 Å². The summed E-state index contributed by atoms with van der Waals surface area (Å²) >= 11 is 0. The molecule has 0 amide bonds. The summed E-state index contributed by atoms with van der Waals surface area (Å²) in [5, 5.41) is 0. The van der Waals surface area contributed by atoms with Gasteiger partial charge in [0.15, 0.2) is 0 Å². The third-order valence-corrected chi connectivity index (χ3v) is 13.2. The molecule has 38 heavy (non-hydrogen) atoms. The topological polar surface area (TPSA) is 0 Å². The third kappa shape index (κ3) is 8.28. The first-order valence-corrected chi connectivity index (χ1v) is 18.5. The van der Waals surface area contributed by atoms with Crippen molar-refractivity contribution in [3.63, 3.8) is 0 Å². The van der Waals surface area contributed by atoms with E-state index < -0.39 is 0 Å². The van der Waals surface area contributed by atoms with Crippen LogP contribution in [0.1, 0.15) is 176 Å². The van der Waals surface area contributed by atoms with Gasteiger partial charge in [-0.25, -0.2) is 0 Å². The molecule has 0 nitrogen and oxygen atoms in total. The Labute approximate surface area is 240 Å². The maximum absolute atomic E-state index is 2.62. The molecule has 0 heteroatoms. The Balaban J connectivity index is 0.000000194. The van der Waals surface area contributed by atoms with Crippen molar-refractivity contribution in [2.24, 2.45) is 65.1 Å². The fourth-order valence-electron chi connectivity index (χ4n) is 11.1. The van der Waals surface area contributed by atoms with Gasteiger partial charge in [-0.3, -0.25) is 0 Å². The second-order valence-corrected chi connectivity index (χ2v) is 15.8. The summed E-state index contributed by atoms with van der Waals surface area (Å²) in [6.07, 6.45) is 33.5. The van der Waals surface area contributed by atoms with Crippen molar-refractivity contribution in [3.8, 4) is 0 Å². The van der Waals surface area contributed by atoms with Crippen LogP contribution in [0.15, 0.2) is 0 Å². The lowest BCUT2D eigenvalue weighted by atomic mass is 9.57. The Morgan fingerprint density at radius 2 is 1.21 bits per heavy atom. The lowest BCUT2D eigenvalue weighted by molar-refractivity contribution is 0.00764. The maximum atomic E-state index is 2.62. The zero-order valence-electron chi connectivity index (χ0n) is 26.9. The number of hydrogen-bond donors (Lipinski definition) is 0. The summed E-state index contributed by atoms with van der Waals surface area (Å²) in [5.74, 6) is 11.8. The van der Waals surface area contributed by atoms with Crippen molar-refractivity contribution in [2.75, 3.05) is 0 Å². The Morgan fingerprint density at radius 1 is 0.526 bits per heavy atom. The molecule has 0 radical (unpaired) electrons. The predicted octanol–water partition coefficient (Wildman–Crippen LogP) is 12.5. The highest BCUT2D eigenvalue weighted by Gasteiger charge is 2.47. The summed E-state index contributed by atoms with van der Waals surface area (Å²) in [6.45, 7) is 12.4. The number of unbranched alkanes of at least 4 members (excludes halogenated alkanes) is 1. The minimum atomic E-state index is 1.01. The highest BCUT2D eigenvalue weighted by atomic mass is 14.5. The Morgan fingerprint density at radius 3 is 1.84 bits per heavy atom. The fraction of sp³-hybridized carbons (Fsp3) is 1.00. The zero-order chi connectivity index (χ0) is 26.9. The molecule has 0 aromatic heterocycles. The molecule has 10 unspecified atom stereocenters. The molecular weight excluding hydrogens is 456 g/mol. The highest BCUT2D eigenvalue weighted by Crippen LogP contribution is 2.55. The van der Waals surface area contributed by atoms with E-state index in [-0.39, 0.29) is 0 Å². The van der Waals surface area contributed by atoms with E-state index in [9.17, 15) is 0 Å². The van der Waals surface area contributed by atoms with E-state index in [0.717, 1.165) is 65.1 Å². The largest absolute Gasteiger partial charge is 0.0654 e. The van der Waals surface area contributed by atoms with E-state index in [1.54, 1.807) is 44.9 Å². The van der Waals surface area contributed by atoms with Crippen molar-refractivity contribution in [1.29, 1.82) is 0 Å². The molecule has 0 aromatic carbocycles. The van der Waals surface area contributed by atoms with Gasteiger partial charge in [-0.1, -0.05) is 131 Å². The van der Waals surface area contributed by atoms with E-state index in [1.165, 1.54) is 96.3 Å². The van der Waals surface area contributed by atoms with Crippen LogP contribution in [0, 0.1) is 65.1 Å². The molecule has 0 aromatic rings. The van der Waals surface area contributed by atoms with Crippen LogP contribution < -0.4 is 0 Å². The van der Waals surface area contributed by atoms with Crippen LogP contribution in [0.4, 0.5) is 0 Å². The summed E-state index contributed by atoms with van der Waals surface area (Å²) in [5.41, 5.74) is 0. The standard InChI is InChI=1S/C23H42.C15H28/c1-3-4-15-21-18(2)17-20-14-11-16-22(20)23(21)19-12-9-7-5-6-8-10-13-19;1-4-13-6-8-15(12(3)10-13)14-7-5-11(2)9-14/h18-23H,3-17H2,1-2H3;11-15H,4-10H2,1-3H3. The molecule has 5 aliphatic rings. The quantitative estimate of drug-likeness (QED) is 0.323. The molecule has 0 saturated heterocycles. The fourth-order valence-corrected chi connectivity index (χ4v) is 11.1. The molecule has 10 atom stereocenters. The Hall–Kier alpha value is 0. The molecule has 5 saturated carbocycles. The monoisotopic (exact) mass is 527 g/mol. The minimum Gasteiger partial charge on any atom is -0.0654 e. The molecule has 0 spiro atoms. The predicted molar refractivity (Wildman–Crippen MR) is 168 cm³/mol. The first-order chi connectivity index (χ1) is 18.5. The van der Waals surface area contributed by atoms with E-state index >= 15 is 0 Å². The minimum absolute atomic E-state index is 1.01. The molecule has 5 fully saturated rings. The first-order valence-electron chi connectivity index (χ1n) is 18.5. The van der Waals surface area contributed by atoms with Crippen LogP contribution in [0.3, 0.4) is 0 Å². The van der Waals surface area contributed by atoms with Gasteiger partial charge in [0.05, 0.1) is 0 Å². The summed E-state index contributed by atoms with van der Waals surface area (Å²) in [7, 11) is 0. The third-order valence-electron chi connectivity index (χ3n) is 13.2. The molecule has 0 aliphatic heterocycles. The zero-order valence-corrected chi connectivity index (χ0v) is 26.9. The molecule has 5 aliphatic carbocycles. The molecule has 0 heterocycles. The Bertz CT molecular complexity index is 626. The average Bonchev–Trinajstić information content (AvgIpc) is 3.58. The second kappa shape index (κ2) is 15.9. The van der Waals surface area contributed by atoms with Crippen LogP contribution in [-0.2, 0) is 0 Å². The summed E-state index contributed by atoms with van der Waals surface area (Å²) in [4.78, 5) is 0.